The summed E-state index contributed by atoms with van der Waals surface area (Å²) < 4.78 is 26.4. The Morgan fingerprint density at radius 1 is 1.44 bits per heavy atom. The van der Waals surface area contributed by atoms with Gasteiger partial charge in [0, 0.05) is 18.7 Å². The number of nitrogens with two attached hydrogens (primary N) is 1. The van der Waals surface area contributed by atoms with Crippen molar-refractivity contribution in [2.45, 2.75) is 44.7 Å². The molecule has 0 aromatic carbocycles. The van der Waals surface area contributed by atoms with E-state index in [-0.39, 0.29) is 11.6 Å². The zero-order valence-electron chi connectivity index (χ0n) is 10.9. The fraction of sp³-hybridized carbons (Fsp3) is 0.727. The van der Waals surface area contributed by atoms with E-state index in [0.29, 0.717) is 18.0 Å². The van der Waals surface area contributed by atoms with Crippen molar-refractivity contribution in [3.63, 3.8) is 0 Å². The van der Waals surface area contributed by atoms with E-state index in [1.165, 1.54) is 6.20 Å². The van der Waals surface area contributed by atoms with Crippen molar-refractivity contribution in [1.29, 1.82) is 0 Å². The maximum absolute atomic E-state index is 11.9. The summed E-state index contributed by atoms with van der Waals surface area (Å²) in [6, 6.07) is 0. The average molecular weight is 274 g/mol. The van der Waals surface area contributed by atoms with Crippen LogP contribution in [0.3, 0.4) is 0 Å². The van der Waals surface area contributed by atoms with Crippen LogP contribution in [0.25, 0.3) is 0 Å². The van der Waals surface area contributed by atoms with E-state index in [2.05, 4.69) is 28.8 Å². The quantitative estimate of drug-likeness (QED) is 0.615. The van der Waals surface area contributed by atoms with Gasteiger partial charge >= 0.3 is 0 Å². The highest BCUT2D eigenvalue weighted by molar-refractivity contribution is 7.89. The third-order valence-corrected chi connectivity index (χ3v) is 4.14. The van der Waals surface area contributed by atoms with Gasteiger partial charge in [-0.15, -0.1) is 0 Å². The van der Waals surface area contributed by atoms with Crippen molar-refractivity contribution in [1.82, 2.24) is 14.9 Å². The van der Waals surface area contributed by atoms with Crippen LogP contribution in [0.4, 0.5) is 0 Å². The Balaban J connectivity index is 2.46. The molecule has 0 saturated carbocycles. The Morgan fingerprint density at radius 3 is 2.78 bits per heavy atom. The first kappa shape index (κ1) is 15.1. The molecule has 7 heteroatoms. The maximum Gasteiger partial charge on any atom is 0.257 e. The van der Waals surface area contributed by atoms with Gasteiger partial charge in [0.2, 0.25) is 0 Å². The van der Waals surface area contributed by atoms with Gasteiger partial charge in [-0.3, -0.25) is 5.10 Å². The number of rotatable bonds is 8. The van der Waals surface area contributed by atoms with Crippen molar-refractivity contribution in [3.05, 3.63) is 11.8 Å². The molecule has 0 bridgehead atoms. The van der Waals surface area contributed by atoms with Crippen LogP contribution < -0.4 is 10.5 Å². The molecule has 0 atom stereocenters. The zero-order valence-corrected chi connectivity index (χ0v) is 11.8. The molecule has 104 valence electrons. The van der Waals surface area contributed by atoms with E-state index >= 15 is 0 Å². The van der Waals surface area contributed by atoms with E-state index in [4.69, 9.17) is 5.73 Å². The summed E-state index contributed by atoms with van der Waals surface area (Å²) in [5, 5.41) is 6.26. The van der Waals surface area contributed by atoms with Gasteiger partial charge in [0.25, 0.3) is 10.0 Å². The molecule has 6 nitrogen and oxygen atoms in total. The van der Waals surface area contributed by atoms with Gasteiger partial charge in [-0.1, -0.05) is 26.7 Å². The minimum absolute atomic E-state index is 0.0776. The van der Waals surface area contributed by atoms with Gasteiger partial charge in [0.1, 0.15) is 0 Å². The largest absolute Gasteiger partial charge is 0.326 e. The summed E-state index contributed by atoms with van der Waals surface area (Å²) in [6.45, 7) is 4.91. The molecule has 0 spiro atoms. The number of hydrogen-bond acceptors (Lipinski definition) is 4. The van der Waals surface area contributed by atoms with Crippen LogP contribution in [0.1, 0.15) is 38.7 Å². The van der Waals surface area contributed by atoms with E-state index in [9.17, 15) is 8.42 Å². The summed E-state index contributed by atoms with van der Waals surface area (Å²) in [4.78, 5) is 0. The number of sulfonamides is 1. The lowest BCUT2D eigenvalue weighted by Gasteiger charge is -2.07. The van der Waals surface area contributed by atoms with E-state index in [1.807, 2.05) is 0 Å². The number of unbranched alkanes of at least 4 members (excludes halogenated alkanes) is 1. The van der Waals surface area contributed by atoms with E-state index in [1.54, 1.807) is 0 Å². The molecule has 4 N–H and O–H groups in total. The lowest BCUT2D eigenvalue weighted by Crippen LogP contribution is -2.26. The number of nitrogens with one attached hydrogen (secondary N) is 2. The zero-order chi connectivity index (χ0) is 13.6. The van der Waals surface area contributed by atoms with Gasteiger partial charge in [0.05, 0.1) is 6.20 Å². The summed E-state index contributed by atoms with van der Waals surface area (Å²) in [6.07, 6.45) is 4.41. The van der Waals surface area contributed by atoms with Gasteiger partial charge in [-0.05, 0) is 12.3 Å². The highest BCUT2D eigenvalue weighted by atomic mass is 32.2. The summed E-state index contributed by atoms with van der Waals surface area (Å²) in [7, 11) is -3.51. The van der Waals surface area contributed by atoms with Crippen molar-refractivity contribution >= 4 is 10.0 Å². The molecule has 18 heavy (non-hydrogen) atoms. The third kappa shape index (κ3) is 4.40. The SMILES string of the molecule is CC(C)CCCCNS(=O)(=O)c1[nH]ncc1CN. The smallest absolute Gasteiger partial charge is 0.257 e. The van der Waals surface area contributed by atoms with Gasteiger partial charge in [-0.2, -0.15) is 5.10 Å². The van der Waals surface area contributed by atoms with Crippen LogP contribution >= 0.6 is 0 Å². The summed E-state index contributed by atoms with van der Waals surface area (Å²) in [5.41, 5.74) is 5.95. The number of H-pyrrole nitrogens is 1. The molecule has 0 radical (unpaired) electrons. The van der Waals surface area contributed by atoms with E-state index in [0.717, 1.165) is 19.3 Å². The van der Waals surface area contributed by atoms with Crippen molar-refractivity contribution < 1.29 is 8.42 Å². The third-order valence-electron chi connectivity index (χ3n) is 2.67. The van der Waals surface area contributed by atoms with Crippen LogP contribution in [-0.4, -0.2) is 25.2 Å². The number of aromatic amines is 1. The van der Waals surface area contributed by atoms with Gasteiger partial charge in [0.15, 0.2) is 5.03 Å². The van der Waals surface area contributed by atoms with Crippen molar-refractivity contribution in [2.24, 2.45) is 11.7 Å². The first-order valence-electron chi connectivity index (χ1n) is 6.19. The second-order valence-corrected chi connectivity index (χ2v) is 6.42. The average Bonchev–Trinajstić information content (AvgIpc) is 2.76. The fourth-order valence-electron chi connectivity index (χ4n) is 1.63. The molecule has 1 aromatic heterocycles. The number of hydrogen-bond donors (Lipinski definition) is 3. The topological polar surface area (TPSA) is 101 Å². The molecule has 0 saturated heterocycles. The summed E-state index contributed by atoms with van der Waals surface area (Å²) in [5.74, 6) is 0.651. The monoisotopic (exact) mass is 274 g/mol. The Bertz CT molecular complexity index is 453. The lowest BCUT2D eigenvalue weighted by molar-refractivity contribution is 0.529. The molecule has 0 aliphatic heterocycles. The molecule has 0 amide bonds. The first-order chi connectivity index (χ1) is 8.47. The molecule has 0 aliphatic rings. The molecular weight excluding hydrogens is 252 g/mol. The molecule has 0 unspecified atom stereocenters. The van der Waals surface area contributed by atoms with Gasteiger partial charge < -0.3 is 5.73 Å². The summed E-state index contributed by atoms with van der Waals surface area (Å²) >= 11 is 0. The Labute approximate surface area is 108 Å². The Kier molecular flexibility index (Phi) is 5.77. The van der Waals surface area contributed by atoms with Crippen LogP contribution in [0.5, 0.6) is 0 Å². The molecule has 1 aromatic rings. The second-order valence-electron chi connectivity index (χ2n) is 4.72. The molecule has 0 fully saturated rings. The first-order valence-corrected chi connectivity index (χ1v) is 7.67. The molecule has 1 rings (SSSR count). The lowest BCUT2D eigenvalue weighted by atomic mass is 10.1. The van der Waals surface area contributed by atoms with Crippen molar-refractivity contribution in [3.8, 4) is 0 Å². The predicted octanol–water partition coefficient (Wildman–Crippen LogP) is 0.973. The van der Waals surface area contributed by atoms with Crippen molar-refractivity contribution in [2.75, 3.05) is 6.54 Å². The van der Waals surface area contributed by atoms with Gasteiger partial charge in [-0.25, -0.2) is 13.1 Å². The normalized spacial score (nSPS) is 12.2. The van der Waals surface area contributed by atoms with Crippen LogP contribution in [0.2, 0.25) is 0 Å². The number of nitrogens with zero attached hydrogens (tertiary/aromatic N) is 1. The number of aromatic nitrogens is 2. The highest BCUT2D eigenvalue weighted by Crippen LogP contribution is 2.11. The highest BCUT2D eigenvalue weighted by Gasteiger charge is 2.19. The second kappa shape index (κ2) is 6.86. The predicted molar refractivity (Wildman–Crippen MR) is 70.4 cm³/mol. The fourth-order valence-corrected chi connectivity index (χ4v) is 2.85. The maximum atomic E-state index is 11.9. The van der Waals surface area contributed by atoms with Crippen LogP contribution in [0, 0.1) is 5.92 Å². The van der Waals surface area contributed by atoms with Crippen LogP contribution in [-0.2, 0) is 16.6 Å². The molecule has 1 heterocycles. The minimum Gasteiger partial charge on any atom is -0.326 e. The Morgan fingerprint density at radius 2 is 2.17 bits per heavy atom. The van der Waals surface area contributed by atoms with Crippen LogP contribution in [0.15, 0.2) is 11.2 Å². The minimum atomic E-state index is -3.51. The molecule has 0 aliphatic carbocycles. The Hall–Kier alpha value is -0.920. The molecular formula is C11H22N4O2S. The standard InChI is InChI=1S/C11H22N4O2S/c1-9(2)5-3-4-6-14-18(16,17)11-10(7-12)8-13-15-11/h8-9,14H,3-7,12H2,1-2H3,(H,13,15). The van der Waals surface area contributed by atoms with E-state index < -0.39 is 10.0 Å².